The number of rotatable bonds is 1. The molecule has 0 amide bonds. The van der Waals surface area contributed by atoms with Crippen LogP contribution in [0.15, 0.2) is 12.4 Å². The molecule has 18 heavy (non-hydrogen) atoms. The van der Waals surface area contributed by atoms with Gasteiger partial charge in [-0.15, -0.1) is 0 Å². The van der Waals surface area contributed by atoms with E-state index in [-0.39, 0.29) is 0 Å². The molecule has 3 rings (SSSR count). The smallest absolute Gasteiger partial charge is 0.225 e. The quantitative estimate of drug-likeness (QED) is 0.819. The minimum absolute atomic E-state index is 0.604. The van der Waals surface area contributed by atoms with Gasteiger partial charge in [0.25, 0.3) is 0 Å². The summed E-state index contributed by atoms with van der Waals surface area (Å²) >= 11 is 0. The van der Waals surface area contributed by atoms with Gasteiger partial charge in [-0.2, -0.15) is 0 Å². The molecule has 0 saturated carbocycles. The molecule has 1 aromatic heterocycles. The molecular formula is C14H22N4. The number of nitrogens with one attached hydrogen (secondary N) is 1. The van der Waals surface area contributed by atoms with Crippen LogP contribution in [0.1, 0.15) is 31.2 Å². The van der Waals surface area contributed by atoms with Gasteiger partial charge in [0, 0.05) is 25.5 Å². The molecule has 3 heterocycles. The van der Waals surface area contributed by atoms with E-state index in [0.29, 0.717) is 5.41 Å². The second-order valence-electron chi connectivity index (χ2n) is 5.80. The van der Waals surface area contributed by atoms with Crippen molar-refractivity contribution in [3.63, 3.8) is 0 Å². The minimum Gasteiger partial charge on any atom is -0.341 e. The molecular weight excluding hydrogens is 224 g/mol. The first-order valence-corrected chi connectivity index (χ1v) is 7.02. The zero-order chi connectivity index (χ0) is 12.4. The largest absolute Gasteiger partial charge is 0.341 e. The summed E-state index contributed by atoms with van der Waals surface area (Å²) in [6.07, 6.45) is 9.11. The van der Waals surface area contributed by atoms with Gasteiger partial charge >= 0.3 is 0 Å². The molecule has 2 fully saturated rings. The Morgan fingerprint density at radius 1 is 1.06 bits per heavy atom. The molecule has 0 unspecified atom stereocenters. The molecule has 1 spiro atoms. The summed E-state index contributed by atoms with van der Waals surface area (Å²) in [7, 11) is 0. The van der Waals surface area contributed by atoms with E-state index in [1.54, 1.807) is 0 Å². The van der Waals surface area contributed by atoms with E-state index in [2.05, 4.69) is 20.2 Å². The molecule has 4 heteroatoms. The first-order chi connectivity index (χ1) is 8.77. The summed E-state index contributed by atoms with van der Waals surface area (Å²) in [6, 6.07) is 0. The zero-order valence-electron chi connectivity index (χ0n) is 11.2. The third-order valence-corrected chi connectivity index (χ3v) is 4.54. The Bertz CT molecular complexity index is 385. The Kier molecular flexibility index (Phi) is 3.20. The zero-order valence-corrected chi connectivity index (χ0v) is 11.2. The van der Waals surface area contributed by atoms with Gasteiger partial charge in [-0.05, 0) is 56.7 Å². The van der Waals surface area contributed by atoms with Crippen LogP contribution >= 0.6 is 0 Å². The van der Waals surface area contributed by atoms with E-state index < -0.39 is 0 Å². The van der Waals surface area contributed by atoms with Crippen LogP contribution in [0.4, 0.5) is 5.95 Å². The fraction of sp³-hybridized carbons (Fsp3) is 0.714. The SMILES string of the molecule is Cc1cnc(N2CCC3(CCNCC3)CC2)nc1. The van der Waals surface area contributed by atoms with Crippen molar-refractivity contribution in [1.82, 2.24) is 15.3 Å². The average Bonchev–Trinajstić information content (AvgIpc) is 2.42. The molecule has 0 atom stereocenters. The Hall–Kier alpha value is -1.16. The summed E-state index contributed by atoms with van der Waals surface area (Å²) in [4.78, 5) is 11.2. The fourth-order valence-corrected chi connectivity index (χ4v) is 3.19. The van der Waals surface area contributed by atoms with Gasteiger partial charge in [0.05, 0.1) is 0 Å². The fourth-order valence-electron chi connectivity index (χ4n) is 3.19. The number of aromatic nitrogens is 2. The topological polar surface area (TPSA) is 41.1 Å². The summed E-state index contributed by atoms with van der Waals surface area (Å²) in [5, 5.41) is 3.47. The van der Waals surface area contributed by atoms with Crippen LogP contribution in [-0.2, 0) is 0 Å². The lowest BCUT2D eigenvalue weighted by Gasteiger charge is -2.44. The number of piperidine rings is 2. The summed E-state index contributed by atoms with van der Waals surface area (Å²) in [6.45, 7) is 6.65. The van der Waals surface area contributed by atoms with Gasteiger partial charge in [0.1, 0.15) is 0 Å². The highest BCUT2D eigenvalue weighted by Gasteiger charge is 2.35. The molecule has 98 valence electrons. The Balaban J connectivity index is 1.64. The lowest BCUT2D eigenvalue weighted by Crippen LogP contribution is -2.46. The number of aryl methyl sites for hydroxylation is 1. The normalized spacial score (nSPS) is 23.3. The molecule has 0 aliphatic carbocycles. The molecule has 0 bridgehead atoms. The van der Waals surface area contributed by atoms with Crippen molar-refractivity contribution in [2.45, 2.75) is 32.6 Å². The van der Waals surface area contributed by atoms with Crippen LogP contribution < -0.4 is 10.2 Å². The number of anilines is 1. The van der Waals surface area contributed by atoms with Crippen molar-refractivity contribution >= 4 is 5.95 Å². The summed E-state index contributed by atoms with van der Waals surface area (Å²) < 4.78 is 0. The molecule has 2 aliphatic rings. The molecule has 2 aliphatic heterocycles. The second kappa shape index (κ2) is 4.84. The minimum atomic E-state index is 0.604. The van der Waals surface area contributed by atoms with Crippen LogP contribution in [0.3, 0.4) is 0 Å². The first kappa shape index (κ1) is 11.9. The maximum absolute atomic E-state index is 4.44. The summed E-state index contributed by atoms with van der Waals surface area (Å²) in [5.74, 6) is 0.907. The molecule has 4 nitrogen and oxygen atoms in total. The Morgan fingerprint density at radius 3 is 2.28 bits per heavy atom. The molecule has 1 N–H and O–H groups in total. The van der Waals surface area contributed by atoms with Gasteiger partial charge in [-0.3, -0.25) is 0 Å². The van der Waals surface area contributed by atoms with Crippen molar-refractivity contribution in [1.29, 1.82) is 0 Å². The molecule has 2 saturated heterocycles. The standard InChI is InChI=1S/C14H22N4/c1-12-10-16-13(17-11-12)18-8-4-14(5-9-18)2-6-15-7-3-14/h10-11,15H,2-9H2,1H3. The van der Waals surface area contributed by atoms with E-state index in [0.717, 1.165) is 24.6 Å². The van der Waals surface area contributed by atoms with Crippen molar-refractivity contribution in [3.05, 3.63) is 18.0 Å². The van der Waals surface area contributed by atoms with E-state index >= 15 is 0 Å². The van der Waals surface area contributed by atoms with Gasteiger partial charge in [0.15, 0.2) is 0 Å². The number of hydrogen-bond acceptors (Lipinski definition) is 4. The van der Waals surface area contributed by atoms with Crippen molar-refractivity contribution < 1.29 is 0 Å². The van der Waals surface area contributed by atoms with Gasteiger partial charge in [-0.1, -0.05) is 0 Å². The maximum atomic E-state index is 4.44. The predicted octanol–water partition coefficient (Wildman–Crippen LogP) is 1.76. The van der Waals surface area contributed by atoms with Gasteiger partial charge in [0.2, 0.25) is 5.95 Å². The van der Waals surface area contributed by atoms with E-state index in [1.165, 1.54) is 38.8 Å². The van der Waals surface area contributed by atoms with E-state index in [9.17, 15) is 0 Å². The lowest BCUT2D eigenvalue weighted by atomic mass is 9.72. The molecule has 1 aromatic rings. The second-order valence-corrected chi connectivity index (χ2v) is 5.80. The lowest BCUT2D eigenvalue weighted by molar-refractivity contribution is 0.154. The van der Waals surface area contributed by atoms with Crippen LogP contribution in [0, 0.1) is 12.3 Å². The third-order valence-electron chi connectivity index (χ3n) is 4.54. The average molecular weight is 246 g/mol. The van der Waals surface area contributed by atoms with Crippen molar-refractivity contribution in [3.8, 4) is 0 Å². The number of nitrogens with zero attached hydrogens (tertiary/aromatic N) is 3. The molecule has 0 aromatic carbocycles. The van der Waals surface area contributed by atoms with Gasteiger partial charge < -0.3 is 10.2 Å². The Morgan fingerprint density at radius 2 is 1.67 bits per heavy atom. The highest BCUT2D eigenvalue weighted by atomic mass is 15.2. The first-order valence-electron chi connectivity index (χ1n) is 7.02. The van der Waals surface area contributed by atoms with E-state index in [4.69, 9.17) is 0 Å². The maximum Gasteiger partial charge on any atom is 0.225 e. The van der Waals surface area contributed by atoms with Crippen molar-refractivity contribution in [2.24, 2.45) is 5.41 Å². The Labute approximate surface area is 109 Å². The van der Waals surface area contributed by atoms with Crippen molar-refractivity contribution in [2.75, 3.05) is 31.1 Å². The van der Waals surface area contributed by atoms with Crippen LogP contribution in [0.2, 0.25) is 0 Å². The van der Waals surface area contributed by atoms with Crippen LogP contribution in [0.25, 0.3) is 0 Å². The third kappa shape index (κ3) is 2.34. The van der Waals surface area contributed by atoms with Crippen LogP contribution in [0.5, 0.6) is 0 Å². The number of hydrogen-bond donors (Lipinski definition) is 1. The summed E-state index contributed by atoms with van der Waals surface area (Å²) in [5.41, 5.74) is 1.73. The van der Waals surface area contributed by atoms with Gasteiger partial charge in [-0.25, -0.2) is 9.97 Å². The highest BCUT2D eigenvalue weighted by molar-refractivity contribution is 5.30. The monoisotopic (exact) mass is 246 g/mol. The highest BCUT2D eigenvalue weighted by Crippen LogP contribution is 2.39. The van der Waals surface area contributed by atoms with E-state index in [1.807, 2.05) is 19.3 Å². The molecule has 0 radical (unpaired) electrons. The predicted molar refractivity (Wildman–Crippen MR) is 72.8 cm³/mol. The van der Waals surface area contributed by atoms with Crippen LogP contribution in [-0.4, -0.2) is 36.1 Å².